The second kappa shape index (κ2) is 40.1. The SMILES string of the molecule is CCc1cccc(N2C[C@@H]3CN(CC4=C(C(=O)OC)[C@H](c5ccc(F)cc5Cl)N=C(c5nccs5)N4)CCN3C2=O)c1.COC(=O)C1=C(CN2CCN3C(=O)N(c4ccc(OC(C)(C)C(C)=O)cc4)C[C@@H]3C2)NC(c2nccs2)=N[C@H]1c1ccc(F)cc1Cl.COC(=O)C1=C(CN2CCN3C(=O)N(c4cccc(C(C)(C)C)c4)C[C@@H]3C2)NC(c2nccs2)=N[C@H]1c1ccc(F)cc1Cl. The maximum Gasteiger partial charge on any atom is 0.338 e. The summed E-state index contributed by atoms with van der Waals surface area (Å²) in [4.78, 5) is 138. The van der Waals surface area contributed by atoms with Crippen molar-refractivity contribution in [3.63, 3.8) is 0 Å². The fourth-order valence-electron chi connectivity index (χ4n) is 17.6. The second-order valence-corrected chi connectivity index (χ2v) is 38.5. The number of carbonyl (C=O) groups excluding carboxylic acids is 7. The maximum absolute atomic E-state index is 14.0. The van der Waals surface area contributed by atoms with Crippen LogP contribution in [0.25, 0.3) is 0 Å². The molecule has 6 atom stereocenters. The quantitative estimate of drug-likeness (QED) is 0.0419. The van der Waals surface area contributed by atoms with Crippen LogP contribution in [0.15, 0.2) is 211 Å². The molecule has 6 amide bonds. The number of Topliss-reactive ketones (excluding diaryl/α,β-unsaturated/α-hetero) is 1. The van der Waals surface area contributed by atoms with Crippen LogP contribution < -0.4 is 35.4 Å². The number of nitrogens with zero attached hydrogens (tertiary/aromatic N) is 15. The van der Waals surface area contributed by atoms with E-state index < -0.39 is 59.1 Å². The summed E-state index contributed by atoms with van der Waals surface area (Å²) in [6.07, 6.45) is 5.93. The average Bonchev–Trinajstić information content (AvgIpc) is 1.75. The number of piperazine rings is 3. The number of methoxy groups -OCH3 is 3. The highest BCUT2D eigenvalue weighted by Crippen LogP contribution is 2.43. The molecule has 6 fully saturated rings. The van der Waals surface area contributed by atoms with Crippen molar-refractivity contribution in [1.29, 1.82) is 0 Å². The fraction of sp³-hybridized carbons (Fsp3) is 0.358. The first-order valence-corrected chi connectivity index (χ1v) is 47.1. The molecule has 3 N–H and O–H groups in total. The van der Waals surface area contributed by atoms with Gasteiger partial charge in [0.1, 0.15) is 41.3 Å². The van der Waals surface area contributed by atoms with E-state index in [0.29, 0.717) is 181 Å². The summed E-state index contributed by atoms with van der Waals surface area (Å²) < 4.78 is 63.4. The van der Waals surface area contributed by atoms with Gasteiger partial charge in [-0.25, -0.2) is 56.9 Å². The number of amidine groups is 3. The minimum atomic E-state index is -0.955. The van der Waals surface area contributed by atoms with Crippen LogP contribution in [0.1, 0.15) is 109 Å². The standard InChI is InChI=1S/C33H34ClFN6O5S.C32H34ClFN6O3S.C30H30ClFN6O3S/c1-19(42)33(2,3)46-23-8-6-21(7-9-23)41-17-22-16-39(12-13-40(22)32(41)44)18-26-27(31(43)45-4)28(24-10-5-20(35)15-25(24)34)38-29(37-26)30-36-11-14-47-30;1-32(2,3)19-6-5-7-21(14-19)40-17-22-16-38(11-12-39(22)31(40)42)18-25-26(30(41)43-4)27(23-9-8-20(34)15-24(23)33)37-28(36-25)29-35-10-13-44-29;1-3-18-5-4-6-20(13-18)38-16-21-15-36(10-11-37(21)30(38)40)17-24-25(29(39)41-2)26(22-8-7-19(32)14-23(22)31)35-27(34-24)28-33-9-12-42-28/h5-11,14-15,22,28H,12-13,16-18H2,1-4H3,(H,37,38);5-10,13-15,22,27H,11-12,16-18H2,1-4H3,(H,36,37);4-9,12-14,21,26H,3,10-11,15-17H2,1-2H3,(H,34,35)/t22-,28-;22-,27-;21-,26-/m000/s1. The molecule has 38 heteroatoms. The number of hydrogen-bond donors (Lipinski definition) is 3. The van der Waals surface area contributed by atoms with Gasteiger partial charge in [0.05, 0.1) is 56.2 Å². The lowest BCUT2D eigenvalue weighted by Crippen LogP contribution is -2.53. The van der Waals surface area contributed by atoms with E-state index in [1.807, 2.05) is 77.0 Å². The Bertz CT molecular complexity index is 6160. The van der Waals surface area contributed by atoms with Crippen LogP contribution in [0, 0.1) is 17.5 Å². The smallest absolute Gasteiger partial charge is 0.338 e. The third-order valence-electron chi connectivity index (χ3n) is 24.7. The molecule has 29 nitrogen and oxygen atoms in total. The van der Waals surface area contributed by atoms with Crippen LogP contribution in [0.5, 0.6) is 5.75 Å². The molecule has 0 radical (unpaired) electrons. The van der Waals surface area contributed by atoms with Gasteiger partial charge in [-0.05, 0) is 129 Å². The number of ketones is 1. The molecule has 0 unspecified atom stereocenters. The molecule has 9 aliphatic rings. The first-order valence-electron chi connectivity index (χ1n) is 43.3. The van der Waals surface area contributed by atoms with E-state index in [2.05, 4.69) is 97.6 Å². The summed E-state index contributed by atoms with van der Waals surface area (Å²) in [5, 5.41) is 17.9. The first kappa shape index (κ1) is 94.3. The first-order chi connectivity index (χ1) is 63.8. The minimum absolute atomic E-state index is 0.00302. The van der Waals surface area contributed by atoms with E-state index in [4.69, 9.17) is 68.7 Å². The number of urea groups is 3. The van der Waals surface area contributed by atoms with Crippen LogP contribution in [-0.2, 0) is 45.2 Å². The predicted molar refractivity (Wildman–Crippen MR) is 507 cm³/mol. The van der Waals surface area contributed by atoms with Gasteiger partial charge in [0, 0.05) is 199 Å². The number of ether oxygens (including phenoxy) is 4. The lowest BCUT2D eigenvalue weighted by atomic mass is 9.87. The van der Waals surface area contributed by atoms with Gasteiger partial charge in [-0.1, -0.05) is 105 Å². The molecule has 694 valence electrons. The zero-order valence-corrected chi connectivity index (χ0v) is 79.3. The summed E-state index contributed by atoms with van der Waals surface area (Å²) in [5.74, 6) is -1.25. The summed E-state index contributed by atoms with van der Waals surface area (Å²) in [5.41, 5.74) is 8.01. The number of carbonyl (C=O) groups is 7. The van der Waals surface area contributed by atoms with Crippen LogP contribution in [0.3, 0.4) is 0 Å². The molecule has 3 aromatic heterocycles. The highest BCUT2D eigenvalue weighted by molar-refractivity contribution is 7.12. The highest BCUT2D eigenvalue weighted by atomic mass is 35.5. The van der Waals surface area contributed by atoms with Gasteiger partial charge >= 0.3 is 36.0 Å². The lowest BCUT2D eigenvalue weighted by Gasteiger charge is -2.38. The number of thiazole rings is 3. The van der Waals surface area contributed by atoms with Gasteiger partial charge in [0.15, 0.2) is 43.9 Å². The van der Waals surface area contributed by atoms with Gasteiger partial charge in [0.25, 0.3) is 0 Å². The Morgan fingerprint density at radius 1 is 0.451 bits per heavy atom. The van der Waals surface area contributed by atoms with Crippen molar-refractivity contribution in [3.8, 4) is 5.75 Å². The van der Waals surface area contributed by atoms with Crippen LogP contribution in [-0.4, -0.2) is 247 Å². The third-order valence-corrected chi connectivity index (χ3v) is 28.1. The van der Waals surface area contributed by atoms with Crippen molar-refractivity contribution in [2.24, 2.45) is 15.0 Å². The summed E-state index contributed by atoms with van der Waals surface area (Å²) in [6.45, 7) is 21.4. The number of anilines is 3. The van der Waals surface area contributed by atoms with Crippen molar-refractivity contribution in [3.05, 3.63) is 271 Å². The van der Waals surface area contributed by atoms with Crippen LogP contribution >= 0.6 is 68.8 Å². The number of aryl methyl sites for hydroxylation is 1. The van der Waals surface area contributed by atoms with E-state index in [0.717, 1.165) is 23.5 Å². The zero-order valence-electron chi connectivity index (χ0n) is 74.6. The predicted octanol–water partition coefficient (Wildman–Crippen LogP) is 14.8. The Hall–Kier alpha value is -11.9. The van der Waals surface area contributed by atoms with E-state index >= 15 is 0 Å². The van der Waals surface area contributed by atoms with Gasteiger partial charge in [0.2, 0.25) is 0 Å². The molecule has 6 aromatic carbocycles. The van der Waals surface area contributed by atoms with E-state index in [1.165, 1.54) is 116 Å². The average molecular weight is 1930 g/mol. The van der Waals surface area contributed by atoms with Crippen LogP contribution in [0.4, 0.5) is 44.6 Å². The molecule has 133 heavy (non-hydrogen) atoms. The molecule has 18 rings (SSSR count). The number of aliphatic imine (C=N–C) groups is 3. The summed E-state index contributed by atoms with van der Waals surface area (Å²) in [7, 11) is 3.94. The topological polar surface area (TPSA) is 297 Å². The van der Waals surface area contributed by atoms with E-state index in [1.54, 1.807) is 61.6 Å². The minimum Gasteiger partial charge on any atom is -0.480 e. The number of aromatic nitrogens is 3. The van der Waals surface area contributed by atoms with Gasteiger partial charge in [-0.15, -0.1) is 34.0 Å². The molecule has 0 spiro atoms. The number of fused-ring (bicyclic) bond motifs is 3. The lowest BCUT2D eigenvalue weighted by molar-refractivity contribution is -0.137. The highest BCUT2D eigenvalue weighted by Gasteiger charge is 2.48. The van der Waals surface area contributed by atoms with Crippen molar-refractivity contribution < 1.29 is 65.7 Å². The molecular weight excluding hydrogens is 1830 g/mol. The Morgan fingerprint density at radius 3 is 1.13 bits per heavy atom. The molecular formula is C95H98Cl3F3N18O11S3. The Morgan fingerprint density at radius 2 is 0.805 bits per heavy atom. The zero-order chi connectivity index (χ0) is 94.0. The van der Waals surface area contributed by atoms with Crippen molar-refractivity contribution in [2.75, 3.05) is 134 Å². The van der Waals surface area contributed by atoms with Crippen molar-refractivity contribution >= 4 is 145 Å². The Kier molecular flexibility index (Phi) is 28.4. The monoisotopic (exact) mass is 1920 g/mol. The summed E-state index contributed by atoms with van der Waals surface area (Å²) in [6, 6.07) is 32.9. The maximum atomic E-state index is 14.0. The van der Waals surface area contributed by atoms with E-state index in [9.17, 15) is 46.7 Å². The fourth-order valence-corrected chi connectivity index (χ4v) is 20.2. The number of nitrogens with one attached hydrogen (secondary N) is 3. The molecule has 0 aliphatic carbocycles. The molecule has 12 heterocycles. The summed E-state index contributed by atoms with van der Waals surface area (Å²) >= 11 is 23.7. The molecule has 0 bridgehead atoms. The number of benzene rings is 6. The molecule has 9 aromatic rings. The number of hydrogen-bond acceptors (Lipinski definition) is 26. The number of esters is 3. The normalized spacial score (nSPS) is 20.6. The van der Waals surface area contributed by atoms with Crippen LogP contribution in [0.2, 0.25) is 15.1 Å². The van der Waals surface area contributed by atoms with Crippen molar-refractivity contribution in [1.82, 2.24) is 60.3 Å². The van der Waals surface area contributed by atoms with Crippen molar-refractivity contribution in [2.45, 2.75) is 102 Å². The number of amides is 6. The van der Waals surface area contributed by atoms with Gasteiger partial charge < -0.3 is 49.6 Å². The Labute approximate surface area is 794 Å². The Balaban J connectivity index is 0.000000146. The largest absolute Gasteiger partial charge is 0.480 e. The third kappa shape index (κ3) is 20.5. The molecule has 9 aliphatic heterocycles. The van der Waals surface area contributed by atoms with Gasteiger partial charge in [-0.2, -0.15) is 0 Å². The van der Waals surface area contributed by atoms with E-state index in [-0.39, 0.29) is 68.1 Å². The molecule has 6 saturated heterocycles. The molecule has 0 saturated carbocycles. The number of rotatable bonds is 22. The van der Waals surface area contributed by atoms with Gasteiger partial charge in [-0.3, -0.25) is 49.2 Å². The second-order valence-electron chi connectivity index (χ2n) is 34.6. The number of halogens is 6.